The highest BCUT2D eigenvalue weighted by Crippen LogP contribution is 2.21. The minimum absolute atomic E-state index is 0.0658. The number of amides is 1. The number of unbranched alkanes of at least 4 members (excludes halogenated alkanes) is 1. The molecule has 0 aliphatic heterocycles. The number of nitrogens with zero attached hydrogens (tertiary/aromatic N) is 2. The first kappa shape index (κ1) is 15.3. The molecule has 2 rings (SSSR count). The van der Waals surface area contributed by atoms with Crippen LogP contribution in [-0.4, -0.2) is 22.0 Å². The van der Waals surface area contributed by atoms with Gasteiger partial charge in [-0.3, -0.25) is 4.79 Å². The second-order valence-corrected chi connectivity index (χ2v) is 4.97. The van der Waals surface area contributed by atoms with Crippen LogP contribution in [0.5, 0.6) is 0 Å². The molecular weight excluding hydrogens is 264 g/mol. The third kappa shape index (κ3) is 4.16. The molecule has 2 aromatic rings. The van der Waals surface area contributed by atoms with Crippen LogP contribution < -0.4 is 11.1 Å². The van der Waals surface area contributed by atoms with Crippen LogP contribution in [-0.2, 0) is 11.3 Å². The molecule has 0 fully saturated rings. The summed E-state index contributed by atoms with van der Waals surface area (Å²) in [5.41, 5.74) is 7.16. The monoisotopic (exact) mass is 286 g/mol. The van der Waals surface area contributed by atoms with Crippen molar-refractivity contribution >= 4 is 11.6 Å². The van der Waals surface area contributed by atoms with E-state index >= 15 is 0 Å². The van der Waals surface area contributed by atoms with Crippen LogP contribution in [0.25, 0.3) is 11.4 Å². The van der Waals surface area contributed by atoms with Crippen molar-refractivity contribution in [3.05, 3.63) is 36.7 Å². The molecule has 0 radical (unpaired) electrons. The highest BCUT2D eigenvalue weighted by atomic mass is 16.1. The Kier molecular flexibility index (Phi) is 5.51. The summed E-state index contributed by atoms with van der Waals surface area (Å²) in [6.45, 7) is 3.48. The van der Waals surface area contributed by atoms with Gasteiger partial charge in [-0.2, -0.15) is 0 Å². The normalized spacial score (nSPS) is 10.6. The van der Waals surface area contributed by atoms with Gasteiger partial charge in [-0.15, -0.1) is 0 Å². The van der Waals surface area contributed by atoms with Crippen molar-refractivity contribution in [1.29, 1.82) is 0 Å². The van der Waals surface area contributed by atoms with Gasteiger partial charge in [0.25, 0.3) is 0 Å². The minimum Gasteiger partial charge on any atom is -0.331 e. The van der Waals surface area contributed by atoms with Crippen molar-refractivity contribution in [3.63, 3.8) is 0 Å². The SMILES string of the molecule is CCCCn1ccnc1-c1cccc(NC(=O)CCN)c1. The lowest BCUT2D eigenvalue weighted by atomic mass is 10.2. The first-order chi connectivity index (χ1) is 10.2. The van der Waals surface area contributed by atoms with Crippen LogP contribution in [0.1, 0.15) is 26.2 Å². The van der Waals surface area contributed by atoms with Gasteiger partial charge >= 0.3 is 0 Å². The number of hydrogen-bond acceptors (Lipinski definition) is 3. The van der Waals surface area contributed by atoms with Gasteiger partial charge in [0.1, 0.15) is 5.82 Å². The lowest BCUT2D eigenvalue weighted by Gasteiger charge is -2.09. The number of anilines is 1. The molecule has 1 heterocycles. The van der Waals surface area contributed by atoms with Crippen LogP contribution in [0.2, 0.25) is 0 Å². The Morgan fingerprint density at radius 1 is 1.43 bits per heavy atom. The zero-order chi connectivity index (χ0) is 15.1. The summed E-state index contributed by atoms with van der Waals surface area (Å²) in [6, 6.07) is 7.74. The van der Waals surface area contributed by atoms with Gasteiger partial charge < -0.3 is 15.6 Å². The number of imidazole rings is 1. The van der Waals surface area contributed by atoms with E-state index in [1.54, 1.807) is 0 Å². The van der Waals surface area contributed by atoms with E-state index in [0.717, 1.165) is 36.5 Å². The molecule has 0 unspecified atom stereocenters. The molecule has 112 valence electrons. The van der Waals surface area contributed by atoms with Gasteiger partial charge in [0.05, 0.1) is 0 Å². The molecule has 0 saturated heterocycles. The third-order valence-corrected chi connectivity index (χ3v) is 3.24. The Balaban J connectivity index is 2.17. The largest absolute Gasteiger partial charge is 0.331 e. The Morgan fingerprint density at radius 3 is 3.05 bits per heavy atom. The van der Waals surface area contributed by atoms with E-state index in [0.29, 0.717) is 13.0 Å². The number of aryl methyl sites for hydroxylation is 1. The van der Waals surface area contributed by atoms with E-state index in [4.69, 9.17) is 5.73 Å². The number of nitrogens with one attached hydrogen (secondary N) is 1. The van der Waals surface area contributed by atoms with Gasteiger partial charge in [0.2, 0.25) is 5.91 Å². The summed E-state index contributed by atoms with van der Waals surface area (Å²) in [7, 11) is 0. The number of carbonyl (C=O) groups is 1. The Morgan fingerprint density at radius 2 is 2.29 bits per heavy atom. The van der Waals surface area contributed by atoms with Gasteiger partial charge in [-0.05, 0) is 18.6 Å². The van der Waals surface area contributed by atoms with Crippen molar-refractivity contribution in [2.24, 2.45) is 5.73 Å². The van der Waals surface area contributed by atoms with Crippen LogP contribution in [0.4, 0.5) is 5.69 Å². The van der Waals surface area contributed by atoms with E-state index < -0.39 is 0 Å². The molecule has 0 bridgehead atoms. The van der Waals surface area contributed by atoms with Crippen LogP contribution in [0, 0.1) is 0 Å². The molecule has 1 aromatic carbocycles. The fourth-order valence-electron chi connectivity index (χ4n) is 2.17. The van der Waals surface area contributed by atoms with E-state index in [1.165, 1.54) is 0 Å². The fourth-order valence-corrected chi connectivity index (χ4v) is 2.17. The highest BCUT2D eigenvalue weighted by molar-refractivity contribution is 5.91. The molecule has 0 aliphatic carbocycles. The lowest BCUT2D eigenvalue weighted by molar-refractivity contribution is -0.116. The number of benzene rings is 1. The van der Waals surface area contributed by atoms with Crippen molar-refractivity contribution in [2.45, 2.75) is 32.7 Å². The van der Waals surface area contributed by atoms with Crippen LogP contribution in [0.3, 0.4) is 0 Å². The molecule has 1 amide bonds. The van der Waals surface area contributed by atoms with Crippen molar-refractivity contribution in [2.75, 3.05) is 11.9 Å². The second-order valence-electron chi connectivity index (χ2n) is 4.97. The average Bonchev–Trinajstić information content (AvgIpc) is 2.94. The Labute approximate surface area is 125 Å². The van der Waals surface area contributed by atoms with Crippen LogP contribution in [0.15, 0.2) is 36.7 Å². The first-order valence-corrected chi connectivity index (χ1v) is 7.36. The van der Waals surface area contributed by atoms with Crippen LogP contribution >= 0.6 is 0 Å². The van der Waals surface area contributed by atoms with Crippen molar-refractivity contribution in [1.82, 2.24) is 9.55 Å². The summed E-state index contributed by atoms with van der Waals surface area (Å²) in [5, 5.41) is 2.85. The molecular formula is C16H22N4O. The number of rotatable bonds is 7. The molecule has 0 spiro atoms. The Hall–Kier alpha value is -2.14. The third-order valence-electron chi connectivity index (χ3n) is 3.24. The fraction of sp³-hybridized carbons (Fsp3) is 0.375. The second kappa shape index (κ2) is 7.59. The van der Waals surface area contributed by atoms with Gasteiger partial charge in [0, 0.05) is 43.2 Å². The van der Waals surface area contributed by atoms with Crippen molar-refractivity contribution < 1.29 is 4.79 Å². The molecule has 1 aromatic heterocycles. The molecule has 5 heteroatoms. The van der Waals surface area contributed by atoms with Crippen molar-refractivity contribution in [3.8, 4) is 11.4 Å². The smallest absolute Gasteiger partial charge is 0.225 e. The molecule has 5 nitrogen and oxygen atoms in total. The van der Waals surface area contributed by atoms with E-state index in [1.807, 2.05) is 36.7 Å². The molecule has 3 N–H and O–H groups in total. The molecule has 21 heavy (non-hydrogen) atoms. The maximum atomic E-state index is 11.6. The minimum atomic E-state index is -0.0658. The first-order valence-electron chi connectivity index (χ1n) is 7.36. The van der Waals surface area contributed by atoms with Gasteiger partial charge in [-0.25, -0.2) is 4.98 Å². The average molecular weight is 286 g/mol. The summed E-state index contributed by atoms with van der Waals surface area (Å²) in [4.78, 5) is 16.0. The topological polar surface area (TPSA) is 72.9 Å². The summed E-state index contributed by atoms with van der Waals surface area (Å²) in [6.07, 6.45) is 6.40. The zero-order valence-electron chi connectivity index (χ0n) is 12.4. The predicted octanol–water partition coefficient (Wildman–Crippen LogP) is 2.64. The maximum absolute atomic E-state index is 11.6. The summed E-state index contributed by atoms with van der Waals surface area (Å²) >= 11 is 0. The van der Waals surface area contributed by atoms with E-state index in [9.17, 15) is 4.79 Å². The van der Waals surface area contributed by atoms with Gasteiger partial charge in [0.15, 0.2) is 0 Å². The number of carbonyl (C=O) groups excluding carboxylic acids is 1. The Bertz CT molecular complexity index is 591. The maximum Gasteiger partial charge on any atom is 0.225 e. The number of aromatic nitrogens is 2. The van der Waals surface area contributed by atoms with E-state index in [-0.39, 0.29) is 5.91 Å². The summed E-state index contributed by atoms with van der Waals surface area (Å²) in [5.74, 6) is 0.863. The number of hydrogen-bond donors (Lipinski definition) is 2. The standard InChI is InChI=1S/C16H22N4O/c1-2-3-10-20-11-9-18-16(20)13-5-4-6-14(12-13)19-15(21)7-8-17/h4-6,9,11-12H,2-3,7-8,10,17H2,1H3,(H,19,21). The predicted molar refractivity (Wildman–Crippen MR) is 84.9 cm³/mol. The molecule has 0 aliphatic rings. The molecule has 0 atom stereocenters. The zero-order valence-corrected chi connectivity index (χ0v) is 12.4. The van der Waals surface area contributed by atoms with Gasteiger partial charge in [-0.1, -0.05) is 25.5 Å². The lowest BCUT2D eigenvalue weighted by Crippen LogP contribution is -2.16. The quantitative estimate of drug-likeness (QED) is 0.821. The summed E-state index contributed by atoms with van der Waals surface area (Å²) < 4.78 is 2.14. The number of nitrogens with two attached hydrogens (primary N) is 1. The van der Waals surface area contributed by atoms with E-state index in [2.05, 4.69) is 21.8 Å². The molecule has 0 saturated carbocycles. The highest BCUT2D eigenvalue weighted by Gasteiger charge is 2.07.